The molecule has 2 heterocycles. The molecule has 0 bridgehead atoms. The summed E-state index contributed by atoms with van der Waals surface area (Å²) in [7, 11) is 0. The maximum atomic E-state index is 13.9. The number of nitrogens with zero attached hydrogens (tertiary/aromatic N) is 2. The van der Waals surface area contributed by atoms with Gasteiger partial charge in [-0.15, -0.1) is 0 Å². The van der Waals surface area contributed by atoms with E-state index in [4.69, 9.17) is 4.74 Å². The SMILES string of the molecule is O=C(NCc1ccccc1F)c1ccc2c(c1)CN(Cc1cccnc1F)CCO2. The Morgan fingerprint density at radius 2 is 1.93 bits per heavy atom. The maximum Gasteiger partial charge on any atom is 0.251 e. The van der Waals surface area contributed by atoms with Crippen LogP contribution >= 0.6 is 0 Å². The van der Waals surface area contributed by atoms with Crippen LogP contribution < -0.4 is 10.1 Å². The summed E-state index contributed by atoms with van der Waals surface area (Å²) in [5.41, 5.74) is 2.24. The summed E-state index contributed by atoms with van der Waals surface area (Å²) in [6.07, 6.45) is 1.42. The lowest BCUT2D eigenvalue weighted by molar-refractivity contribution is 0.0950. The summed E-state index contributed by atoms with van der Waals surface area (Å²) in [4.78, 5) is 18.3. The molecule has 0 atom stereocenters. The normalized spacial score (nSPS) is 13.8. The average Bonchev–Trinajstić information content (AvgIpc) is 2.95. The second kappa shape index (κ2) is 9.00. The molecule has 0 radical (unpaired) electrons. The molecule has 0 spiro atoms. The Hall–Kier alpha value is -3.32. The number of rotatable bonds is 5. The number of hydrogen-bond acceptors (Lipinski definition) is 4. The number of pyridine rings is 1. The van der Waals surface area contributed by atoms with Crippen LogP contribution in [0.2, 0.25) is 0 Å². The van der Waals surface area contributed by atoms with Gasteiger partial charge in [-0.2, -0.15) is 4.39 Å². The highest BCUT2D eigenvalue weighted by molar-refractivity contribution is 5.94. The van der Waals surface area contributed by atoms with Crippen molar-refractivity contribution in [3.63, 3.8) is 0 Å². The minimum atomic E-state index is -0.482. The first-order chi connectivity index (χ1) is 14.6. The van der Waals surface area contributed by atoms with Gasteiger partial charge in [-0.3, -0.25) is 9.69 Å². The molecular weight excluding hydrogens is 388 g/mol. The highest BCUT2D eigenvalue weighted by atomic mass is 19.1. The molecule has 0 saturated heterocycles. The number of halogens is 2. The van der Waals surface area contributed by atoms with Crippen LogP contribution in [0.4, 0.5) is 8.78 Å². The quantitative estimate of drug-likeness (QED) is 0.653. The summed E-state index contributed by atoms with van der Waals surface area (Å²) < 4.78 is 33.5. The van der Waals surface area contributed by atoms with Crippen molar-refractivity contribution in [3.05, 3.63) is 94.8 Å². The number of fused-ring (bicyclic) bond motifs is 1. The fourth-order valence-corrected chi connectivity index (χ4v) is 3.42. The third-order valence-electron chi connectivity index (χ3n) is 5.01. The van der Waals surface area contributed by atoms with Crippen molar-refractivity contribution in [2.75, 3.05) is 13.2 Å². The molecule has 0 saturated carbocycles. The van der Waals surface area contributed by atoms with E-state index in [9.17, 15) is 13.6 Å². The Balaban J connectivity index is 1.46. The Morgan fingerprint density at radius 3 is 2.77 bits per heavy atom. The number of benzene rings is 2. The van der Waals surface area contributed by atoms with Gasteiger partial charge in [0.25, 0.3) is 5.91 Å². The lowest BCUT2D eigenvalue weighted by atomic mass is 10.1. The zero-order chi connectivity index (χ0) is 20.9. The van der Waals surface area contributed by atoms with Crippen molar-refractivity contribution >= 4 is 5.91 Å². The number of ether oxygens (including phenoxy) is 1. The number of carbonyl (C=O) groups is 1. The van der Waals surface area contributed by atoms with E-state index in [0.717, 1.165) is 5.56 Å². The summed E-state index contributed by atoms with van der Waals surface area (Å²) >= 11 is 0. The smallest absolute Gasteiger partial charge is 0.251 e. The summed E-state index contributed by atoms with van der Waals surface area (Å²) in [6.45, 7) is 2.10. The molecule has 5 nitrogen and oxygen atoms in total. The Bertz CT molecular complexity index is 1060. The molecule has 1 aliphatic heterocycles. The lowest BCUT2D eigenvalue weighted by Gasteiger charge is -2.19. The average molecular weight is 409 g/mol. The van der Waals surface area contributed by atoms with Crippen molar-refractivity contribution < 1.29 is 18.3 Å². The van der Waals surface area contributed by atoms with Crippen LogP contribution in [0.5, 0.6) is 5.75 Å². The predicted molar refractivity (Wildman–Crippen MR) is 108 cm³/mol. The standard InChI is InChI=1S/C23H21F2N3O2/c24-20-6-2-1-4-17(20)13-27-23(29)16-7-8-21-19(12-16)15-28(10-11-30-21)14-18-5-3-9-26-22(18)25/h1-9,12H,10-11,13-15H2,(H,27,29). The number of hydrogen-bond donors (Lipinski definition) is 1. The second-order valence-corrected chi connectivity index (χ2v) is 7.11. The van der Waals surface area contributed by atoms with E-state index >= 15 is 0 Å². The zero-order valence-corrected chi connectivity index (χ0v) is 16.3. The van der Waals surface area contributed by atoms with Gasteiger partial charge in [0.05, 0.1) is 0 Å². The van der Waals surface area contributed by atoms with E-state index in [1.807, 2.05) is 4.90 Å². The van der Waals surface area contributed by atoms with Gasteiger partial charge in [0.2, 0.25) is 5.95 Å². The van der Waals surface area contributed by atoms with Crippen LogP contribution in [0.15, 0.2) is 60.8 Å². The fraction of sp³-hybridized carbons (Fsp3) is 0.217. The fourth-order valence-electron chi connectivity index (χ4n) is 3.42. The molecule has 3 aromatic rings. The largest absolute Gasteiger partial charge is 0.492 e. The molecule has 1 aromatic heterocycles. The van der Waals surface area contributed by atoms with Crippen molar-refractivity contribution in [2.45, 2.75) is 19.6 Å². The van der Waals surface area contributed by atoms with Crippen molar-refractivity contribution in [2.24, 2.45) is 0 Å². The number of carbonyl (C=O) groups excluding carboxylic acids is 1. The van der Waals surface area contributed by atoms with Crippen molar-refractivity contribution in [3.8, 4) is 5.75 Å². The minimum absolute atomic E-state index is 0.103. The molecule has 30 heavy (non-hydrogen) atoms. The summed E-state index contributed by atoms with van der Waals surface area (Å²) in [5.74, 6) is -0.430. The van der Waals surface area contributed by atoms with Gasteiger partial charge in [0.1, 0.15) is 18.2 Å². The third kappa shape index (κ3) is 4.63. The van der Waals surface area contributed by atoms with Crippen LogP contribution in [0, 0.1) is 11.8 Å². The topological polar surface area (TPSA) is 54.5 Å². The number of amides is 1. The van der Waals surface area contributed by atoms with Gasteiger partial charge in [0.15, 0.2) is 0 Å². The van der Waals surface area contributed by atoms with Crippen LogP contribution in [-0.2, 0) is 19.6 Å². The van der Waals surface area contributed by atoms with Gasteiger partial charge in [-0.25, -0.2) is 9.37 Å². The molecule has 1 aliphatic rings. The minimum Gasteiger partial charge on any atom is -0.492 e. The van der Waals surface area contributed by atoms with Gasteiger partial charge in [-0.1, -0.05) is 24.3 Å². The van der Waals surface area contributed by atoms with E-state index in [0.29, 0.717) is 48.7 Å². The van der Waals surface area contributed by atoms with Crippen LogP contribution in [0.25, 0.3) is 0 Å². The number of aromatic nitrogens is 1. The predicted octanol–water partition coefficient (Wildman–Crippen LogP) is 3.68. The van der Waals surface area contributed by atoms with Crippen molar-refractivity contribution in [1.29, 1.82) is 0 Å². The molecule has 0 aliphatic carbocycles. The lowest BCUT2D eigenvalue weighted by Crippen LogP contribution is -2.26. The summed E-state index contributed by atoms with van der Waals surface area (Å²) in [6, 6.07) is 15.0. The van der Waals surface area contributed by atoms with Gasteiger partial charge >= 0.3 is 0 Å². The molecule has 0 unspecified atom stereocenters. The van der Waals surface area contributed by atoms with E-state index in [2.05, 4.69) is 10.3 Å². The first kappa shape index (κ1) is 20.0. The van der Waals surface area contributed by atoms with Crippen LogP contribution in [0.1, 0.15) is 27.0 Å². The van der Waals surface area contributed by atoms with Crippen LogP contribution in [-0.4, -0.2) is 28.9 Å². The molecule has 4 rings (SSSR count). The highest BCUT2D eigenvalue weighted by Gasteiger charge is 2.19. The highest BCUT2D eigenvalue weighted by Crippen LogP contribution is 2.25. The first-order valence-electron chi connectivity index (χ1n) is 9.69. The van der Waals surface area contributed by atoms with Crippen molar-refractivity contribution in [1.82, 2.24) is 15.2 Å². The van der Waals surface area contributed by atoms with E-state index in [1.54, 1.807) is 48.5 Å². The Morgan fingerprint density at radius 1 is 1.10 bits per heavy atom. The maximum absolute atomic E-state index is 13.9. The Kier molecular flexibility index (Phi) is 5.99. The molecule has 0 fully saturated rings. The van der Waals surface area contributed by atoms with E-state index < -0.39 is 5.95 Å². The number of nitrogens with one attached hydrogen (secondary N) is 1. The molecule has 1 N–H and O–H groups in total. The van der Waals surface area contributed by atoms with Gasteiger partial charge < -0.3 is 10.1 Å². The van der Waals surface area contributed by atoms with Gasteiger partial charge in [0, 0.05) is 54.6 Å². The first-order valence-corrected chi connectivity index (χ1v) is 9.69. The molecular formula is C23H21F2N3O2. The summed E-state index contributed by atoms with van der Waals surface area (Å²) in [5, 5.41) is 2.75. The molecule has 154 valence electrons. The zero-order valence-electron chi connectivity index (χ0n) is 16.3. The molecule has 2 aromatic carbocycles. The third-order valence-corrected chi connectivity index (χ3v) is 5.01. The second-order valence-electron chi connectivity index (χ2n) is 7.11. The molecule has 7 heteroatoms. The van der Waals surface area contributed by atoms with E-state index in [1.165, 1.54) is 12.3 Å². The monoisotopic (exact) mass is 409 g/mol. The van der Waals surface area contributed by atoms with E-state index in [-0.39, 0.29) is 18.3 Å². The Labute approximate surface area is 173 Å². The van der Waals surface area contributed by atoms with Gasteiger partial charge in [-0.05, 0) is 30.3 Å². The molecule has 1 amide bonds. The van der Waals surface area contributed by atoms with Crippen LogP contribution in [0.3, 0.4) is 0 Å².